The number of hydrogen-bond donors (Lipinski definition) is 1. The first-order chi connectivity index (χ1) is 10.5. The molecule has 1 amide bonds. The number of nitrogens with one attached hydrogen (secondary N) is 1. The largest absolute Gasteiger partial charge is 0.298 e. The third-order valence-electron chi connectivity index (χ3n) is 3.09. The van der Waals surface area contributed by atoms with Gasteiger partial charge in [0.2, 0.25) is 0 Å². The first-order valence-electron chi connectivity index (χ1n) is 6.89. The van der Waals surface area contributed by atoms with Crippen LogP contribution in [0.5, 0.6) is 0 Å². The number of aromatic nitrogens is 3. The summed E-state index contributed by atoms with van der Waals surface area (Å²) < 4.78 is 0. The normalized spacial score (nSPS) is 10.7. The van der Waals surface area contributed by atoms with Gasteiger partial charge in [0.25, 0.3) is 5.91 Å². The van der Waals surface area contributed by atoms with E-state index < -0.39 is 5.91 Å². The molecule has 22 heavy (non-hydrogen) atoms. The molecular weight excluding hydrogens is 284 g/mol. The maximum atomic E-state index is 12.3. The van der Waals surface area contributed by atoms with Crippen LogP contribution in [-0.2, 0) is 11.4 Å². The Labute approximate surface area is 128 Å². The third-order valence-corrected chi connectivity index (χ3v) is 3.09. The maximum absolute atomic E-state index is 12.3. The molecule has 0 aliphatic carbocycles. The van der Waals surface area contributed by atoms with Gasteiger partial charge >= 0.3 is 0 Å². The average molecular weight is 302 g/mol. The van der Waals surface area contributed by atoms with Gasteiger partial charge in [-0.1, -0.05) is 32.0 Å². The Balaban J connectivity index is 2.00. The molecule has 0 spiro atoms. The summed E-state index contributed by atoms with van der Waals surface area (Å²) in [7, 11) is 1.49. The minimum absolute atomic E-state index is 0.0642. The molecule has 116 valence electrons. The van der Waals surface area contributed by atoms with Crippen LogP contribution in [-0.4, -0.2) is 39.5 Å². The number of rotatable bonds is 6. The summed E-state index contributed by atoms with van der Waals surface area (Å²) >= 11 is 0. The van der Waals surface area contributed by atoms with E-state index >= 15 is 0 Å². The number of hydroxylamine groups is 2. The molecular formula is C15H18N4O3. The van der Waals surface area contributed by atoms with Crippen molar-refractivity contribution in [3.05, 3.63) is 47.0 Å². The van der Waals surface area contributed by atoms with Gasteiger partial charge in [-0.05, 0) is 6.07 Å². The first kappa shape index (κ1) is 15.8. The highest BCUT2D eigenvalue weighted by atomic mass is 16.7. The zero-order valence-electron chi connectivity index (χ0n) is 12.7. The van der Waals surface area contributed by atoms with Crippen molar-refractivity contribution in [2.75, 3.05) is 7.05 Å². The van der Waals surface area contributed by atoms with Gasteiger partial charge in [0.15, 0.2) is 12.1 Å². The fraction of sp³-hybridized carbons (Fsp3) is 0.333. The highest BCUT2D eigenvalue weighted by Crippen LogP contribution is 2.11. The minimum atomic E-state index is -0.401. The molecule has 0 saturated carbocycles. The molecule has 1 N–H and O–H groups in total. The average Bonchev–Trinajstić information content (AvgIpc) is 3.01. The van der Waals surface area contributed by atoms with Gasteiger partial charge in [-0.3, -0.25) is 19.5 Å². The second kappa shape index (κ2) is 6.95. The zero-order chi connectivity index (χ0) is 16.1. The summed E-state index contributed by atoms with van der Waals surface area (Å²) in [5.74, 6) is 1.06. The lowest BCUT2D eigenvalue weighted by atomic mass is 10.1. The summed E-state index contributed by atoms with van der Waals surface area (Å²) in [6.45, 7) is 4.06. The highest BCUT2D eigenvalue weighted by Gasteiger charge is 2.17. The molecule has 1 aromatic heterocycles. The minimum Gasteiger partial charge on any atom is -0.298 e. The molecule has 0 aliphatic heterocycles. The number of amides is 1. The van der Waals surface area contributed by atoms with Crippen molar-refractivity contribution in [2.45, 2.75) is 26.4 Å². The van der Waals surface area contributed by atoms with Crippen LogP contribution in [0.1, 0.15) is 52.1 Å². The van der Waals surface area contributed by atoms with E-state index in [0.717, 1.165) is 10.9 Å². The molecule has 0 unspecified atom stereocenters. The van der Waals surface area contributed by atoms with Gasteiger partial charge in [0, 0.05) is 18.5 Å². The predicted octanol–water partition coefficient (Wildman–Crippen LogP) is 1.94. The van der Waals surface area contributed by atoms with Crippen molar-refractivity contribution < 1.29 is 14.4 Å². The summed E-state index contributed by atoms with van der Waals surface area (Å²) in [6.07, 6.45) is 0.644. The molecule has 0 bridgehead atoms. The fourth-order valence-electron chi connectivity index (χ4n) is 1.81. The number of nitrogens with zero attached hydrogens (tertiary/aromatic N) is 3. The topological polar surface area (TPSA) is 88.2 Å². The van der Waals surface area contributed by atoms with Crippen LogP contribution in [0.3, 0.4) is 0 Å². The molecule has 0 aliphatic rings. The Morgan fingerprint density at radius 3 is 2.77 bits per heavy atom. The van der Waals surface area contributed by atoms with E-state index in [1.54, 1.807) is 24.3 Å². The quantitative estimate of drug-likeness (QED) is 0.651. The molecule has 2 aromatic rings. The van der Waals surface area contributed by atoms with Gasteiger partial charge in [0.05, 0.1) is 5.56 Å². The molecule has 7 heteroatoms. The molecule has 0 saturated heterocycles. The number of aldehydes is 1. The zero-order valence-corrected chi connectivity index (χ0v) is 12.7. The first-order valence-corrected chi connectivity index (χ1v) is 6.89. The number of benzene rings is 1. The fourth-order valence-corrected chi connectivity index (χ4v) is 1.81. The van der Waals surface area contributed by atoms with Crippen LogP contribution in [0, 0.1) is 0 Å². The maximum Gasteiger partial charge on any atom is 0.277 e. The van der Waals surface area contributed by atoms with Crippen molar-refractivity contribution in [3.63, 3.8) is 0 Å². The Morgan fingerprint density at radius 2 is 2.14 bits per heavy atom. The van der Waals surface area contributed by atoms with E-state index in [9.17, 15) is 9.59 Å². The summed E-state index contributed by atoms with van der Waals surface area (Å²) in [5, 5.41) is 7.91. The number of aromatic amines is 1. The number of carbonyl (C=O) groups is 2. The van der Waals surface area contributed by atoms with Crippen LogP contribution in [0.2, 0.25) is 0 Å². The van der Waals surface area contributed by atoms with Crippen LogP contribution >= 0.6 is 0 Å². The number of H-pyrrole nitrogens is 1. The van der Waals surface area contributed by atoms with Crippen LogP contribution in [0.15, 0.2) is 24.3 Å². The molecule has 0 fully saturated rings. The van der Waals surface area contributed by atoms with E-state index in [1.165, 1.54) is 7.05 Å². The van der Waals surface area contributed by atoms with Crippen molar-refractivity contribution >= 4 is 12.2 Å². The van der Waals surface area contributed by atoms with Gasteiger partial charge in [-0.2, -0.15) is 5.10 Å². The summed E-state index contributed by atoms with van der Waals surface area (Å²) in [5.41, 5.74) is 0.612. The van der Waals surface area contributed by atoms with Crippen LogP contribution in [0.4, 0.5) is 0 Å². The van der Waals surface area contributed by atoms with Gasteiger partial charge in [-0.25, -0.2) is 10.0 Å². The lowest BCUT2D eigenvalue weighted by molar-refractivity contribution is -0.118. The lowest BCUT2D eigenvalue weighted by Crippen LogP contribution is -2.28. The van der Waals surface area contributed by atoms with Crippen molar-refractivity contribution in [3.8, 4) is 0 Å². The van der Waals surface area contributed by atoms with Crippen molar-refractivity contribution in [1.29, 1.82) is 0 Å². The second-order valence-corrected chi connectivity index (χ2v) is 5.07. The standard InChI is InChI=1S/C15H18N4O3/c1-10(2)14-16-13(17-18-14)9-22-19(3)15(21)12-7-5-4-6-11(12)8-20/h4-8,10H,9H2,1-3H3,(H,16,17,18). The molecule has 0 radical (unpaired) electrons. The van der Waals surface area contributed by atoms with E-state index in [2.05, 4.69) is 15.2 Å². The van der Waals surface area contributed by atoms with E-state index in [-0.39, 0.29) is 18.1 Å². The van der Waals surface area contributed by atoms with Crippen LogP contribution in [0.25, 0.3) is 0 Å². The molecule has 7 nitrogen and oxygen atoms in total. The Kier molecular flexibility index (Phi) is 5.00. The Morgan fingerprint density at radius 1 is 1.41 bits per heavy atom. The van der Waals surface area contributed by atoms with E-state index in [1.807, 2.05) is 13.8 Å². The lowest BCUT2D eigenvalue weighted by Gasteiger charge is -2.16. The number of hydrogen-bond acceptors (Lipinski definition) is 5. The second-order valence-electron chi connectivity index (χ2n) is 5.07. The molecule has 1 aromatic carbocycles. The SMILES string of the molecule is CC(C)c1nc(CON(C)C(=O)c2ccccc2C=O)n[nH]1. The summed E-state index contributed by atoms with van der Waals surface area (Å²) in [6, 6.07) is 6.55. The van der Waals surface area contributed by atoms with E-state index in [0.29, 0.717) is 17.7 Å². The van der Waals surface area contributed by atoms with Crippen LogP contribution < -0.4 is 0 Å². The van der Waals surface area contributed by atoms with Gasteiger partial charge < -0.3 is 0 Å². The Bertz CT molecular complexity index is 666. The third kappa shape index (κ3) is 3.56. The Hall–Kier alpha value is -2.54. The van der Waals surface area contributed by atoms with Crippen molar-refractivity contribution in [2.24, 2.45) is 0 Å². The van der Waals surface area contributed by atoms with E-state index in [4.69, 9.17) is 4.84 Å². The smallest absolute Gasteiger partial charge is 0.277 e. The highest BCUT2D eigenvalue weighted by molar-refractivity contribution is 6.00. The molecule has 1 heterocycles. The van der Waals surface area contributed by atoms with Gasteiger partial charge in [-0.15, -0.1) is 0 Å². The monoisotopic (exact) mass is 302 g/mol. The van der Waals surface area contributed by atoms with Gasteiger partial charge in [0.1, 0.15) is 12.4 Å². The van der Waals surface area contributed by atoms with Crippen molar-refractivity contribution in [1.82, 2.24) is 20.2 Å². The summed E-state index contributed by atoms with van der Waals surface area (Å²) in [4.78, 5) is 32.8. The number of carbonyl (C=O) groups excluding carboxylic acids is 2. The molecule has 0 atom stereocenters. The predicted molar refractivity (Wildman–Crippen MR) is 79.2 cm³/mol. The molecule has 2 rings (SSSR count).